The molecule has 1 saturated heterocycles. The molecule has 1 heterocycles. The van der Waals surface area contributed by atoms with Crippen molar-refractivity contribution in [3.8, 4) is 5.75 Å². The zero-order valence-corrected chi connectivity index (χ0v) is 10.5. The van der Waals surface area contributed by atoms with Gasteiger partial charge in [-0.05, 0) is 43.5 Å². The zero-order valence-electron chi connectivity index (χ0n) is 10.5. The van der Waals surface area contributed by atoms with E-state index in [0.29, 0.717) is 5.92 Å². The Kier molecular flexibility index (Phi) is 3.97. The number of hydrogen-bond acceptors (Lipinski definition) is 3. The van der Waals surface area contributed by atoms with Crippen LogP contribution in [-0.2, 0) is 0 Å². The fourth-order valence-corrected chi connectivity index (χ4v) is 2.45. The van der Waals surface area contributed by atoms with Gasteiger partial charge in [-0.3, -0.25) is 9.69 Å². The Hall–Kier alpha value is -1.42. The van der Waals surface area contributed by atoms with Crippen LogP contribution in [0.2, 0.25) is 0 Å². The summed E-state index contributed by atoms with van der Waals surface area (Å²) in [4.78, 5) is 14.1. The summed E-state index contributed by atoms with van der Waals surface area (Å²) in [5.74, 6) is -0.275. The zero-order chi connectivity index (χ0) is 13.1. The van der Waals surface area contributed by atoms with Crippen LogP contribution in [0.15, 0.2) is 18.2 Å². The van der Waals surface area contributed by atoms with Gasteiger partial charge in [0.25, 0.3) is 0 Å². The third-order valence-electron chi connectivity index (χ3n) is 3.37. The van der Waals surface area contributed by atoms with E-state index in [4.69, 9.17) is 0 Å². The molecule has 1 aromatic carbocycles. The minimum atomic E-state index is -0.497. The highest BCUT2D eigenvalue weighted by molar-refractivity contribution is 6.00. The number of likely N-dealkylation sites (tertiary alicyclic amines) is 1. The maximum absolute atomic E-state index is 13.1. The summed E-state index contributed by atoms with van der Waals surface area (Å²) < 4.78 is 13.1. The predicted molar refractivity (Wildman–Crippen MR) is 67.2 cm³/mol. The van der Waals surface area contributed by atoms with Crippen molar-refractivity contribution in [2.75, 3.05) is 19.6 Å². The summed E-state index contributed by atoms with van der Waals surface area (Å²) in [6.07, 6.45) is 2.28. The van der Waals surface area contributed by atoms with Gasteiger partial charge in [0.1, 0.15) is 11.6 Å². The molecule has 0 radical (unpaired) electrons. The van der Waals surface area contributed by atoms with Crippen LogP contribution in [0.1, 0.15) is 30.1 Å². The van der Waals surface area contributed by atoms with Crippen molar-refractivity contribution in [3.05, 3.63) is 29.6 Å². The van der Waals surface area contributed by atoms with Crippen LogP contribution in [0.3, 0.4) is 0 Å². The number of benzene rings is 1. The van der Waals surface area contributed by atoms with Gasteiger partial charge in [-0.1, -0.05) is 6.92 Å². The number of nitrogens with zero attached hydrogens (tertiary/aromatic N) is 1. The Balaban J connectivity index is 2.05. The quantitative estimate of drug-likeness (QED) is 0.839. The lowest BCUT2D eigenvalue weighted by molar-refractivity contribution is 0.0890. The van der Waals surface area contributed by atoms with Gasteiger partial charge in [0.2, 0.25) is 0 Å². The number of phenols is 1. The summed E-state index contributed by atoms with van der Waals surface area (Å²) in [5, 5.41) is 9.58. The number of ketones is 1. The van der Waals surface area contributed by atoms with Gasteiger partial charge < -0.3 is 5.11 Å². The van der Waals surface area contributed by atoms with Crippen LogP contribution in [0.25, 0.3) is 0 Å². The second kappa shape index (κ2) is 5.48. The molecule has 1 aromatic rings. The van der Waals surface area contributed by atoms with Gasteiger partial charge in [0.15, 0.2) is 5.78 Å². The molecule has 3 nitrogen and oxygen atoms in total. The van der Waals surface area contributed by atoms with E-state index in [1.807, 2.05) is 0 Å². The molecular formula is C14H18FNO2. The maximum Gasteiger partial charge on any atom is 0.180 e. The molecule has 1 aliphatic heterocycles. The predicted octanol–water partition coefficient (Wildman–Crippen LogP) is 2.45. The van der Waals surface area contributed by atoms with E-state index in [-0.39, 0.29) is 23.6 Å². The second-order valence-electron chi connectivity index (χ2n) is 5.07. The first-order valence-corrected chi connectivity index (χ1v) is 6.30. The fourth-order valence-electron chi connectivity index (χ4n) is 2.45. The molecular weight excluding hydrogens is 233 g/mol. The molecule has 0 saturated carbocycles. The first-order valence-electron chi connectivity index (χ1n) is 6.30. The van der Waals surface area contributed by atoms with Crippen LogP contribution in [0.5, 0.6) is 5.75 Å². The van der Waals surface area contributed by atoms with Gasteiger partial charge in [-0.2, -0.15) is 0 Å². The second-order valence-corrected chi connectivity index (χ2v) is 5.07. The largest absolute Gasteiger partial charge is 0.507 e. The Morgan fingerprint density at radius 3 is 3.06 bits per heavy atom. The molecule has 2 rings (SSSR count). The lowest BCUT2D eigenvalue weighted by Gasteiger charge is -2.30. The van der Waals surface area contributed by atoms with Crippen molar-refractivity contribution in [3.63, 3.8) is 0 Å². The van der Waals surface area contributed by atoms with Crippen LogP contribution in [-0.4, -0.2) is 35.4 Å². The van der Waals surface area contributed by atoms with E-state index in [1.54, 1.807) is 0 Å². The van der Waals surface area contributed by atoms with E-state index in [2.05, 4.69) is 11.8 Å². The molecule has 0 bridgehead atoms. The van der Waals surface area contributed by atoms with Gasteiger partial charge in [-0.25, -0.2) is 4.39 Å². The van der Waals surface area contributed by atoms with Crippen molar-refractivity contribution in [1.82, 2.24) is 4.90 Å². The van der Waals surface area contributed by atoms with Gasteiger partial charge in [0, 0.05) is 6.54 Å². The summed E-state index contributed by atoms with van der Waals surface area (Å²) in [7, 11) is 0. The smallest absolute Gasteiger partial charge is 0.180 e. The molecule has 1 aliphatic rings. The van der Waals surface area contributed by atoms with Gasteiger partial charge in [0.05, 0.1) is 12.1 Å². The van der Waals surface area contributed by atoms with Crippen molar-refractivity contribution < 1.29 is 14.3 Å². The Morgan fingerprint density at radius 2 is 2.33 bits per heavy atom. The number of piperidine rings is 1. The van der Waals surface area contributed by atoms with Crippen LogP contribution >= 0.6 is 0 Å². The number of hydrogen-bond donors (Lipinski definition) is 1. The lowest BCUT2D eigenvalue weighted by Crippen LogP contribution is -2.38. The minimum absolute atomic E-state index is 0.0771. The molecule has 0 amide bonds. The highest BCUT2D eigenvalue weighted by Gasteiger charge is 2.20. The molecule has 4 heteroatoms. The van der Waals surface area contributed by atoms with E-state index in [1.165, 1.54) is 12.5 Å². The monoisotopic (exact) mass is 251 g/mol. The van der Waals surface area contributed by atoms with Crippen LogP contribution in [0, 0.1) is 11.7 Å². The summed E-state index contributed by atoms with van der Waals surface area (Å²) in [6, 6.07) is 3.47. The molecule has 0 aliphatic carbocycles. The highest BCUT2D eigenvalue weighted by atomic mass is 19.1. The molecule has 1 atom stereocenters. The number of Topliss-reactive ketones (excluding diaryl/α,β-unsaturated/α-hetero) is 1. The Morgan fingerprint density at radius 1 is 1.56 bits per heavy atom. The number of rotatable bonds is 3. The highest BCUT2D eigenvalue weighted by Crippen LogP contribution is 2.20. The summed E-state index contributed by atoms with van der Waals surface area (Å²) >= 11 is 0. The van der Waals surface area contributed by atoms with E-state index in [0.717, 1.165) is 31.6 Å². The molecule has 0 aromatic heterocycles. The Labute approximate surface area is 106 Å². The third kappa shape index (κ3) is 3.07. The standard InChI is InChI=1S/C14H18FNO2/c1-10-3-2-6-16(8-10)9-14(18)12-7-11(15)4-5-13(12)17/h4-5,7,10,17H,2-3,6,8-9H2,1H3. The Bertz CT molecular complexity index is 447. The normalized spacial score (nSPS) is 20.9. The average Bonchev–Trinajstić information content (AvgIpc) is 2.32. The van der Waals surface area contributed by atoms with Crippen molar-refractivity contribution in [2.24, 2.45) is 5.92 Å². The molecule has 1 unspecified atom stereocenters. The first-order chi connectivity index (χ1) is 8.56. The van der Waals surface area contributed by atoms with Crippen molar-refractivity contribution >= 4 is 5.78 Å². The number of halogens is 1. The topological polar surface area (TPSA) is 40.5 Å². The summed E-state index contributed by atoms with van der Waals surface area (Å²) in [6.45, 7) is 4.20. The molecule has 98 valence electrons. The third-order valence-corrected chi connectivity index (χ3v) is 3.37. The van der Waals surface area contributed by atoms with Crippen LogP contribution in [0.4, 0.5) is 4.39 Å². The number of carbonyl (C=O) groups excluding carboxylic acids is 1. The van der Waals surface area contributed by atoms with E-state index >= 15 is 0 Å². The molecule has 18 heavy (non-hydrogen) atoms. The van der Waals surface area contributed by atoms with Crippen molar-refractivity contribution in [1.29, 1.82) is 0 Å². The van der Waals surface area contributed by atoms with Gasteiger partial charge in [-0.15, -0.1) is 0 Å². The number of carbonyl (C=O) groups is 1. The van der Waals surface area contributed by atoms with Crippen LogP contribution < -0.4 is 0 Å². The molecule has 1 N–H and O–H groups in total. The van der Waals surface area contributed by atoms with Crippen molar-refractivity contribution in [2.45, 2.75) is 19.8 Å². The number of aromatic hydroxyl groups is 1. The number of phenolic OH excluding ortho intramolecular Hbond substituents is 1. The van der Waals surface area contributed by atoms with E-state index < -0.39 is 5.82 Å². The average molecular weight is 251 g/mol. The molecule has 0 spiro atoms. The first kappa shape index (κ1) is 13.0. The van der Waals surface area contributed by atoms with Gasteiger partial charge >= 0.3 is 0 Å². The SMILES string of the molecule is CC1CCCN(CC(=O)c2cc(F)ccc2O)C1. The molecule has 1 fully saturated rings. The lowest BCUT2D eigenvalue weighted by atomic mass is 9.99. The van der Waals surface area contributed by atoms with E-state index in [9.17, 15) is 14.3 Å². The maximum atomic E-state index is 13.1. The fraction of sp³-hybridized carbons (Fsp3) is 0.500. The minimum Gasteiger partial charge on any atom is -0.507 e. The summed E-state index contributed by atoms with van der Waals surface area (Å²) in [5.41, 5.74) is 0.0771.